The molecule has 3 rings (SSSR count). The predicted molar refractivity (Wildman–Crippen MR) is 80.4 cm³/mol. The average Bonchev–Trinajstić information content (AvgIpc) is 3.14. The third-order valence-corrected chi connectivity index (χ3v) is 3.32. The van der Waals surface area contributed by atoms with Crippen LogP contribution in [0.1, 0.15) is 10.4 Å². The van der Waals surface area contributed by atoms with E-state index in [-0.39, 0.29) is 5.91 Å². The van der Waals surface area contributed by atoms with Gasteiger partial charge in [-0.2, -0.15) is 0 Å². The number of methoxy groups -OCH3 is 1. The van der Waals surface area contributed by atoms with Crippen molar-refractivity contribution in [2.24, 2.45) is 0 Å². The lowest BCUT2D eigenvalue weighted by atomic mass is 10.1. The van der Waals surface area contributed by atoms with Crippen LogP contribution >= 0.6 is 0 Å². The lowest BCUT2D eigenvalue weighted by Gasteiger charge is -2.06. The van der Waals surface area contributed by atoms with E-state index in [4.69, 9.17) is 4.74 Å². The Hall–Kier alpha value is -2.60. The summed E-state index contributed by atoms with van der Waals surface area (Å²) in [4.78, 5) is 19.2. The van der Waals surface area contributed by atoms with E-state index in [1.165, 1.54) is 0 Å². The zero-order valence-corrected chi connectivity index (χ0v) is 11.7. The Labute approximate surface area is 121 Å². The molecule has 6 heteroatoms. The van der Waals surface area contributed by atoms with Gasteiger partial charge in [-0.15, -0.1) is 0 Å². The van der Waals surface area contributed by atoms with Gasteiger partial charge in [0.25, 0.3) is 5.91 Å². The average molecular weight is 284 g/mol. The lowest BCUT2D eigenvalue weighted by molar-refractivity contribution is 0.102. The van der Waals surface area contributed by atoms with Gasteiger partial charge in [-0.05, 0) is 18.2 Å². The molecule has 1 aromatic carbocycles. The topological polar surface area (TPSA) is 71.9 Å². The fourth-order valence-electron chi connectivity index (χ4n) is 2.31. The van der Waals surface area contributed by atoms with E-state index in [2.05, 4.69) is 19.9 Å². The van der Waals surface area contributed by atoms with Crippen molar-refractivity contribution in [3.05, 3.63) is 48.4 Å². The molecule has 21 heavy (non-hydrogen) atoms. The zero-order chi connectivity index (χ0) is 14.7. The summed E-state index contributed by atoms with van der Waals surface area (Å²) in [6, 6.07) is 7.63. The van der Waals surface area contributed by atoms with Crippen molar-refractivity contribution in [2.75, 3.05) is 19.0 Å². The summed E-state index contributed by atoms with van der Waals surface area (Å²) in [5, 5.41) is 3.66. The quantitative estimate of drug-likeness (QED) is 0.755. The molecule has 0 radical (unpaired) electrons. The predicted octanol–water partition coefficient (Wildman–Crippen LogP) is 2.26. The van der Waals surface area contributed by atoms with Gasteiger partial charge in [0, 0.05) is 48.7 Å². The molecule has 0 saturated carbocycles. The Kier molecular flexibility index (Phi) is 3.70. The third kappa shape index (κ3) is 2.66. The number of H-pyrrole nitrogens is 1. The summed E-state index contributed by atoms with van der Waals surface area (Å²) < 4.78 is 7.17. The van der Waals surface area contributed by atoms with Crippen molar-refractivity contribution < 1.29 is 9.53 Å². The van der Waals surface area contributed by atoms with Gasteiger partial charge in [-0.3, -0.25) is 10.1 Å². The summed E-state index contributed by atoms with van der Waals surface area (Å²) in [6.07, 6.45) is 5.22. The normalized spacial score (nSPS) is 10.9. The molecule has 2 heterocycles. The highest BCUT2D eigenvalue weighted by Crippen LogP contribution is 2.21. The van der Waals surface area contributed by atoms with Crippen molar-refractivity contribution in [2.45, 2.75) is 6.54 Å². The minimum atomic E-state index is -0.181. The maximum atomic E-state index is 12.3. The van der Waals surface area contributed by atoms with Crippen LogP contribution in [0.4, 0.5) is 5.95 Å². The van der Waals surface area contributed by atoms with E-state index in [9.17, 15) is 4.79 Å². The van der Waals surface area contributed by atoms with E-state index >= 15 is 0 Å². The Morgan fingerprint density at radius 3 is 3.10 bits per heavy atom. The standard InChI is InChI=1S/C15H16N4O2/c1-21-10-9-19-8-5-11-12(3-2-4-13(11)19)14(20)18-15-16-6-7-17-15/h2-8H,9-10H2,1H3,(H2,16,17,18,20). The molecule has 0 atom stereocenters. The van der Waals surface area contributed by atoms with Crippen molar-refractivity contribution in [3.8, 4) is 0 Å². The molecule has 0 aliphatic rings. The van der Waals surface area contributed by atoms with Crippen LogP contribution in [0.5, 0.6) is 0 Å². The monoisotopic (exact) mass is 284 g/mol. The van der Waals surface area contributed by atoms with E-state index < -0.39 is 0 Å². The van der Waals surface area contributed by atoms with Crippen LogP contribution in [0.2, 0.25) is 0 Å². The molecule has 108 valence electrons. The Morgan fingerprint density at radius 1 is 1.43 bits per heavy atom. The first-order chi connectivity index (χ1) is 10.3. The molecule has 2 aromatic heterocycles. The smallest absolute Gasteiger partial charge is 0.258 e. The number of carbonyl (C=O) groups excluding carboxylic acids is 1. The third-order valence-electron chi connectivity index (χ3n) is 3.32. The van der Waals surface area contributed by atoms with Gasteiger partial charge < -0.3 is 14.3 Å². The summed E-state index contributed by atoms with van der Waals surface area (Å²) in [6.45, 7) is 1.38. The number of hydrogen-bond acceptors (Lipinski definition) is 3. The lowest BCUT2D eigenvalue weighted by Crippen LogP contribution is -2.13. The minimum absolute atomic E-state index is 0.181. The van der Waals surface area contributed by atoms with Crippen molar-refractivity contribution in [3.63, 3.8) is 0 Å². The number of anilines is 1. The Balaban J connectivity index is 1.92. The highest BCUT2D eigenvalue weighted by Gasteiger charge is 2.13. The van der Waals surface area contributed by atoms with Crippen LogP contribution in [0.25, 0.3) is 10.9 Å². The highest BCUT2D eigenvalue weighted by atomic mass is 16.5. The van der Waals surface area contributed by atoms with Crippen LogP contribution in [0, 0.1) is 0 Å². The van der Waals surface area contributed by atoms with Crippen LogP contribution in [0.3, 0.4) is 0 Å². The maximum Gasteiger partial charge on any atom is 0.258 e. The molecule has 0 saturated heterocycles. The number of benzene rings is 1. The SMILES string of the molecule is COCCn1ccc2c(C(=O)Nc3ncc[nH]3)cccc21. The van der Waals surface area contributed by atoms with Gasteiger partial charge in [-0.1, -0.05) is 6.07 Å². The van der Waals surface area contributed by atoms with Crippen molar-refractivity contribution >= 4 is 22.8 Å². The first-order valence-electron chi connectivity index (χ1n) is 6.67. The molecule has 0 aliphatic heterocycles. The number of nitrogens with one attached hydrogen (secondary N) is 2. The number of aromatic amines is 1. The fraction of sp³-hybridized carbons (Fsp3) is 0.200. The largest absolute Gasteiger partial charge is 0.383 e. The number of hydrogen-bond donors (Lipinski definition) is 2. The number of nitrogens with zero attached hydrogens (tertiary/aromatic N) is 2. The molecular weight excluding hydrogens is 268 g/mol. The van der Waals surface area contributed by atoms with Gasteiger partial charge >= 0.3 is 0 Å². The second-order valence-corrected chi connectivity index (χ2v) is 4.63. The van der Waals surface area contributed by atoms with Gasteiger partial charge in [-0.25, -0.2) is 4.98 Å². The first kappa shape index (κ1) is 13.4. The molecule has 0 aliphatic carbocycles. The van der Waals surface area contributed by atoms with Crippen LogP contribution < -0.4 is 5.32 Å². The van der Waals surface area contributed by atoms with Crippen molar-refractivity contribution in [1.82, 2.24) is 14.5 Å². The number of rotatable bonds is 5. The number of imidazole rings is 1. The zero-order valence-electron chi connectivity index (χ0n) is 11.7. The number of aromatic nitrogens is 3. The summed E-state index contributed by atoms with van der Waals surface area (Å²) in [5.41, 5.74) is 1.64. The van der Waals surface area contributed by atoms with Crippen LogP contribution in [-0.4, -0.2) is 34.2 Å². The molecule has 0 unspecified atom stereocenters. The van der Waals surface area contributed by atoms with Gasteiger partial charge in [0.15, 0.2) is 0 Å². The minimum Gasteiger partial charge on any atom is -0.383 e. The Morgan fingerprint density at radius 2 is 2.33 bits per heavy atom. The summed E-state index contributed by atoms with van der Waals surface area (Å²) in [7, 11) is 1.67. The number of carbonyl (C=O) groups is 1. The second kappa shape index (κ2) is 5.80. The van der Waals surface area contributed by atoms with E-state index in [1.807, 2.05) is 24.4 Å². The van der Waals surface area contributed by atoms with E-state index in [0.29, 0.717) is 18.1 Å². The van der Waals surface area contributed by atoms with Crippen LogP contribution in [-0.2, 0) is 11.3 Å². The number of amides is 1. The molecule has 0 bridgehead atoms. The molecule has 3 aromatic rings. The van der Waals surface area contributed by atoms with E-state index in [0.717, 1.165) is 17.4 Å². The van der Waals surface area contributed by atoms with Crippen molar-refractivity contribution in [1.29, 1.82) is 0 Å². The number of ether oxygens (including phenoxy) is 1. The molecular formula is C15H16N4O2. The van der Waals surface area contributed by atoms with Gasteiger partial charge in [0.1, 0.15) is 0 Å². The Bertz CT molecular complexity index is 746. The molecule has 0 fully saturated rings. The number of fused-ring (bicyclic) bond motifs is 1. The second-order valence-electron chi connectivity index (χ2n) is 4.63. The molecule has 0 spiro atoms. The highest BCUT2D eigenvalue weighted by molar-refractivity contribution is 6.12. The van der Waals surface area contributed by atoms with Crippen LogP contribution in [0.15, 0.2) is 42.9 Å². The van der Waals surface area contributed by atoms with E-state index in [1.54, 1.807) is 25.6 Å². The molecule has 6 nitrogen and oxygen atoms in total. The maximum absolute atomic E-state index is 12.3. The van der Waals surface area contributed by atoms with Gasteiger partial charge in [0.2, 0.25) is 5.95 Å². The first-order valence-corrected chi connectivity index (χ1v) is 6.67. The summed E-state index contributed by atoms with van der Waals surface area (Å²) >= 11 is 0. The fourth-order valence-corrected chi connectivity index (χ4v) is 2.31. The molecule has 1 amide bonds. The summed E-state index contributed by atoms with van der Waals surface area (Å²) in [5.74, 6) is 0.260. The molecule has 2 N–H and O–H groups in total. The van der Waals surface area contributed by atoms with Gasteiger partial charge in [0.05, 0.1) is 6.61 Å².